The van der Waals surface area contributed by atoms with Gasteiger partial charge in [0, 0.05) is 25.0 Å². The van der Waals surface area contributed by atoms with E-state index in [4.69, 9.17) is 5.26 Å². The molecule has 5 nitrogen and oxygen atoms in total. The Balaban J connectivity index is 1.52. The third-order valence-electron chi connectivity index (χ3n) is 4.37. The molecule has 4 rings (SSSR count). The number of hydrogen-bond acceptors (Lipinski definition) is 5. The summed E-state index contributed by atoms with van der Waals surface area (Å²) < 4.78 is 0. The zero-order chi connectivity index (χ0) is 17.1. The van der Waals surface area contributed by atoms with Crippen LogP contribution in [0.5, 0.6) is 0 Å². The predicted octanol–water partition coefficient (Wildman–Crippen LogP) is 3.65. The standard InChI is InChI=1S/C20H17N5/c21-13-15-5-7-18(8-6-15)23-20-22-11-9-19(24-20)25-12-10-16-3-1-2-4-17(16)14-25/h1-9,11H,10,12,14H2,(H,22,23,24). The molecule has 0 bridgehead atoms. The topological polar surface area (TPSA) is 64.8 Å². The van der Waals surface area contributed by atoms with Crippen molar-refractivity contribution in [3.05, 3.63) is 77.5 Å². The summed E-state index contributed by atoms with van der Waals surface area (Å²) in [6.07, 6.45) is 2.80. The van der Waals surface area contributed by atoms with E-state index in [1.54, 1.807) is 18.3 Å². The van der Waals surface area contributed by atoms with E-state index in [-0.39, 0.29) is 0 Å². The molecular formula is C20H17N5. The Hall–Kier alpha value is -3.39. The van der Waals surface area contributed by atoms with Crippen LogP contribution in [0.15, 0.2) is 60.8 Å². The largest absolute Gasteiger partial charge is 0.352 e. The van der Waals surface area contributed by atoms with Crippen molar-refractivity contribution in [1.82, 2.24) is 9.97 Å². The molecule has 0 aliphatic carbocycles. The number of fused-ring (bicyclic) bond motifs is 1. The van der Waals surface area contributed by atoms with E-state index in [9.17, 15) is 0 Å². The van der Waals surface area contributed by atoms with Gasteiger partial charge in [0.25, 0.3) is 0 Å². The average Bonchev–Trinajstić information content (AvgIpc) is 2.68. The van der Waals surface area contributed by atoms with Gasteiger partial charge in [0.1, 0.15) is 5.82 Å². The maximum atomic E-state index is 8.87. The first-order valence-corrected chi connectivity index (χ1v) is 8.24. The fraction of sp³-hybridized carbons (Fsp3) is 0.150. The van der Waals surface area contributed by atoms with Crippen molar-refractivity contribution in [3.8, 4) is 6.07 Å². The van der Waals surface area contributed by atoms with Crippen LogP contribution in [-0.2, 0) is 13.0 Å². The van der Waals surface area contributed by atoms with Crippen molar-refractivity contribution in [2.24, 2.45) is 0 Å². The van der Waals surface area contributed by atoms with Crippen LogP contribution in [0.2, 0.25) is 0 Å². The maximum Gasteiger partial charge on any atom is 0.229 e. The molecule has 122 valence electrons. The number of anilines is 3. The van der Waals surface area contributed by atoms with Gasteiger partial charge in [-0.05, 0) is 47.9 Å². The van der Waals surface area contributed by atoms with Crippen molar-refractivity contribution in [3.63, 3.8) is 0 Å². The fourth-order valence-electron chi connectivity index (χ4n) is 3.03. The van der Waals surface area contributed by atoms with Crippen LogP contribution in [0.1, 0.15) is 16.7 Å². The van der Waals surface area contributed by atoms with Crippen LogP contribution in [0.3, 0.4) is 0 Å². The lowest BCUT2D eigenvalue weighted by Gasteiger charge is -2.29. The van der Waals surface area contributed by atoms with Crippen LogP contribution < -0.4 is 10.2 Å². The van der Waals surface area contributed by atoms with Gasteiger partial charge in [-0.1, -0.05) is 24.3 Å². The summed E-state index contributed by atoms with van der Waals surface area (Å²) in [6, 6.07) is 19.9. The van der Waals surface area contributed by atoms with Crippen molar-refractivity contribution in [2.75, 3.05) is 16.8 Å². The summed E-state index contributed by atoms with van der Waals surface area (Å²) in [7, 11) is 0. The van der Waals surface area contributed by atoms with Crippen LogP contribution in [0.4, 0.5) is 17.5 Å². The number of nitrogens with zero attached hydrogens (tertiary/aromatic N) is 4. The predicted molar refractivity (Wildman–Crippen MR) is 97.7 cm³/mol. The molecule has 0 atom stereocenters. The number of nitrogens with one attached hydrogen (secondary N) is 1. The first-order valence-electron chi connectivity index (χ1n) is 8.24. The molecule has 1 aromatic heterocycles. The number of benzene rings is 2. The minimum absolute atomic E-state index is 0.557. The number of aromatic nitrogens is 2. The summed E-state index contributed by atoms with van der Waals surface area (Å²) in [4.78, 5) is 11.2. The Morgan fingerprint density at radius 3 is 2.60 bits per heavy atom. The van der Waals surface area contributed by atoms with Gasteiger partial charge in [0.2, 0.25) is 5.95 Å². The third-order valence-corrected chi connectivity index (χ3v) is 4.37. The van der Waals surface area contributed by atoms with Gasteiger partial charge in [0.05, 0.1) is 11.6 Å². The van der Waals surface area contributed by atoms with Crippen LogP contribution in [-0.4, -0.2) is 16.5 Å². The van der Waals surface area contributed by atoms with E-state index in [0.29, 0.717) is 11.5 Å². The maximum absolute atomic E-state index is 8.87. The van der Waals surface area contributed by atoms with Gasteiger partial charge in [0.15, 0.2) is 0 Å². The van der Waals surface area contributed by atoms with Gasteiger partial charge >= 0.3 is 0 Å². The molecule has 2 heterocycles. The minimum Gasteiger partial charge on any atom is -0.352 e. The molecule has 0 radical (unpaired) electrons. The molecule has 0 unspecified atom stereocenters. The van der Waals surface area contributed by atoms with E-state index in [1.807, 2.05) is 18.2 Å². The zero-order valence-electron chi connectivity index (χ0n) is 13.7. The summed E-state index contributed by atoms with van der Waals surface area (Å²) >= 11 is 0. The first kappa shape index (κ1) is 15.2. The van der Waals surface area contributed by atoms with Crippen molar-refractivity contribution in [1.29, 1.82) is 5.26 Å². The molecule has 1 aliphatic rings. The van der Waals surface area contributed by atoms with Gasteiger partial charge < -0.3 is 10.2 Å². The molecule has 0 saturated carbocycles. The smallest absolute Gasteiger partial charge is 0.229 e. The molecule has 0 spiro atoms. The lowest BCUT2D eigenvalue weighted by atomic mass is 10.00. The molecule has 2 aromatic carbocycles. The third kappa shape index (κ3) is 3.29. The molecule has 5 heteroatoms. The van der Waals surface area contributed by atoms with Gasteiger partial charge in [-0.15, -0.1) is 0 Å². The highest BCUT2D eigenvalue weighted by atomic mass is 15.2. The highest BCUT2D eigenvalue weighted by molar-refractivity contribution is 5.56. The highest BCUT2D eigenvalue weighted by Gasteiger charge is 2.17. The Morgan fingerprint density at radius 2 is 1.80 bits per heavy atom. The second-order valence-corrected chi connectivity index (χ2v) is 5.99. The molecular weight excluding hydrogens is 310 g/mol. The molecule has 25 heavy (non-hydrogen) atoms. The van der Waals surface area contributed by atoms with E-state index in [0.717, 1.165) is 31.0 Å². The number of hydrogen-bond donors (Lipinski definition) is 1. The molecule has 3 aromatic rings. The van der Waals surface area contributed by atoms with Crippen LogP contribution in [0, 0.1) is 11.3 Å². The summed E-state index contributed by atoms with van der Waals surface area (Å²) in [5, 5.41) is 12.1. The molecule has 0 saturated heterocycles. The van der Waals surface area contributed by atoms with Gasteiger partial charge in [-0.3, -0.25) is 0 Å². The van der Waals surface area contributed by atoms with Crippen LogP contribution in [0.25, 0.3) is 0 Å². The average molecular weight is 327 g/mol. The molecule has 1 N–H and O–H groups in total. The van der Waals surface area contributed by atoms with E-state index < -0.39 is 0 Å². The molecule has 0 amide bonds. The van der Waals surface area contributed by atoms with Crippen molar-refractivity contribution < 1.29 is 0 Å². The highest BCUT2D eigenvalue weighted by Crippen LogP contribution is 2.24. The Bertz CT molecular complexity index is 927. The van der Waals surface area contributed by atoms with E-state index >= 15 is 0 Å². The zero-order valence-corrected chi connectivity index (χ0v) is 13.7. The SMILES string of the molecule is N#Cc1ccc(Nc2nccc(N3CCc4ccccc4C3)n2)cc1. The molecule has 1 aliphatic heterocycles. The van der Waals surface area contributed by atoms with E-state index in [2.05, 4.69) is 50.5 Å². The summed E-state index contributed by atoms with van der Waals surface area (Å²) in [5.74, 6) is 1.47. The number of rotatable bonds is 3. The van der Waals surface area contributed by atoms with Gasteiger partial charge in [-0.2, -0.15) is 10.2 Å². The fourth-order valence-corrected chi connectivity index (χ4v) is 3.03. The summed E-state index contributed by atoms with van der Waals surface area (Å²) in [5.41, 5.74) is 4.27. The first-order chi connectivity index (χ1) is 12.3. The summed E-state index contributed by atoms with van der Waals surface area (Å²) in [6.45, 7) is 1.81. The molecule has 0 fully saturated rings. The van der Waals surface area contributed by atoms with E-state index in [1.165, 1.54) is 11.1 Å². The Labute approximate surface area is 146 Å². The lowest BCUT2D eigenvalue weighted by Crippen LogP contribution is -2.31. The lowest BCUT2D eigenvalue weighted by molar-refractivity contribution is 0.720. The Kier molecular flexibility index (Phi) is 4.01. The quantitative estimate of drug-likeness (QED) is 0.795. The second-order valence-electron chi connectivity index (χ2n) is 5.99. The number of nitriles is 1. The Morgan fingerprint density at radius 1 is 1.00 bits per heavy atom. The van der Waals surface area contributed by atoms with Crippen LogP contribution >= 0.6 is 0 Å². The minimum atomic E-state index is 0.557. The van der Waals surface area contributed by atoms with Gasteiger partial charge in [-0.25, -0.2) is 4.98 Å². The normalized spacial score (nSPS) is 13.0. The van der Waals surface area contributed by atoms with Crippen molar-refractivity contribution >= 4 is 17.5 Å². The monoisotopic (exact) mass is 327 g/mol. The second kappa shape index (κ2) is 6.62. The van der Waals surface area contributed by atoms with Crippen molar-refractivity contribution in [2.45, 2.75) is 13.0 Å².